The summed E-state index contributed by atoms with van der Waals surface area (Å²) in [5, 5.41) is 4.22. The molecule has 1 aliphatic heterocycles. The standard InChI is InChI=1S/C19H22N4O2S2/c1-2-14-4-3-5-15(12-14)22-27(24,25)18-13-16-17(26-18)6-7-21-19(16)23-10-8-20-9-11-23/h3-7,12-13,20,22H,2,8-11H2,1H3. The molecule has 0 bridgehead atoms. The van der Waals surface area contributed by atoms with E-state index in [4.69, 9.17) is 0 Å². The second-order valence-corrected chi connectivity index (χ2v) is 9.50. The number of hydrogen-bond donors (Lipinski definition) is 2. The number of fused-ring (bicyclic) bond motifs is 1. The van der Waals surface area contributed by atoms with Crippen molar-refractivity contribution in [2.24, 2.45) is 0 Å². The quantitative estimate of drug-likeness (QED) is 0.686. The number of pyridine rings is 1. The number of piperazine rings is 1. The molecule has 0 radical (unpaired) electrons. The van der Waals surface area contributed by atoms with Crippen molar-refractivity contribution in [1.82, 2.24) is 10.3 Å². The van der Waals surface area contributed by atoms with E-state index in [0.29, 0.717) is 9.90 Å². The summed E-state index contributed by atoms with van der Waals surface area (Å²) in [5.41, 5.74) is 1.68. The number of anilines is 2. The minimum Gasteiger partial charge on any atom is -0.354 e. The van der Waals surface area contributed by atoms with Gasteiger partial charge in [0.2, 0.25) is 0 Å². The lowest BCUT2D eigenvalue weighted by Gasteiger charge is -2.28. The van der Waals surface area contributed by atoms with Crippen molar-refractivity contribution in [3.05, 3.63) is 48.2 Å². The van der Waals surface area contributed by atoms with Gasteiger partial charge in [-0.3, -0.25) is 4.72 Å². The highest BCUT2D eigenvalue weighted by molar-refractivity contribution is 7.94. The van der Waals surface area contributed by atoms with Crippen LogP contribution in [0.25, 0.3) is 10.1 Å². The molecule has 0 saturated carbocycles. The van der Waals surface area contributed by atoms with Gasteiger partial charge in [0.1, 0.15) is 10.0 Å². The maximum absolute atomic E-state index is 12.9. The van der Waals surface area contributed by atoms with Gasteiger partial charge in [-0.2, -0.15) is 0 Å². The zero-order chi connectivity index (χ0) is 18.9. The number of nitrogens with one attached hydrogen (secondary N) is 2. The molecular formula is C19H22N4O2S2. The molecule has 0 amide bonds. The Hall–Kier alpha value is -2.16. The topological polar surface area (TPSA) is 74.3 Å². The van der Waals surface area contributed by atoms with E-state index < -0.39 is 10.0 Å². The summed E-state index contributed by atoms with van der Waals surface area (Å²) >= 11 is 1.28. The Labute approximate surface area is 163 Å². The Kier molecular flexibility index (Phi) is 5.03. The minimum atomic E-state index is -3.64. The van der Waals surface area contributed by atoms with Crippen LogP contribution in [0.3, 0.4) is 0 Å². The van der Waals surface area contributed by atoms with Gasteiger partial charge in [-0.25, -0.2) is 13.4 Å². The third-order valence-electron chi connectivity index (χ3n) is 4.67. The van der Waals surface area contributed by atoms with Gasteiger partial charge in [-0.1, -0.05) is 19.1 Å². The molecule has 0 spiro atoms. The van der Waals surface area contributed by atoms with Crippen molar-refractivity contribution >= 4 is 43.0 Å². The summed E-state index contributed by atoms with van der Waals surface area (Å²) in [7, 11) is -3.64. The highest BCUT2D eigenvalue weighted by atomic mass is 32.2. The van der Waals surface area contributed by atoms with E-state index in [1.807, 2.05) is 31.2 Å². The fourth-order valence-electron chi connectivity index (χ4n) is 3.25. The third kappa shape index (κ3) is 3.78. The smallest absolute Gasteiger partial charge is 0.271 e. The summed E-state index contributed by atoms with van der Waals surface area (Å²) in [4.78, 5) is 6.73. The Morgan fingerprint density at radius 3 is 2.81 bits per heavy atom. The number of sulfonamides is 1. The first-order chi connectivity index (χ1) is 13.1. The van der Waals surface area contributed by atoms with E-state index in [0.717, 1.165) is 54.1 Å². The lowest BCUT2D eigenvalue weighted by molar-refractivity contribution is 0.586. The number of nitrogens with zero attached hydrogens (tertiary/aromatic N) is 2. The number of benzene rings is 1. The number of thiophene rings is 1. The molecule has 8 heteroatoms. The van der Waals surface area contributed by atoms with Crippen molar-refractivity contribution < 1.29 is 8.42 Å². The first-order valence-electron chi connectivity index (χ1n) is 9.03. The average Bonchev–Trinajstić information content (AvgIpc) is 3.14. The first kappa shape index (κ1) is 18.2. The first-order valence-corrected chi connectivity index (χ1v) is 11.3. The minimum absolute atomic E-state index is 0.309. The molecule has 2 N–H and O–H groups in total. The van der Waals surface area contributed by atoms with Crippen LogP contribution in [0.4, 0.5) is 11.5 Å². The van der Waals surface area contributed by atoms with Gasteiger partial charge in [0.15, 0.2) is 0 Å². The molecule has 1 aromatic carbocycles. The second kappa shape index (κ2) is 7.46. The van der Waals surface area contributed by atoms with Crippen LogP contribution in [-0.2, 0) is 16.4 Å². The highest BCUT2D eigenvalue weighted by Gasteiger charge is 2.21. The van der Waals surface area contributed by atoms with E-state index in [-0.39, 0.29) is 0 Å². The lowest BCUT2D eigenvalue weighted by Crippen LogP contribution is -2.43. The second-order valence-electron chi connectivity index (χ2n) is 6.51. The van der Waals surface area contributed by atoms with Crippen molar-refractivity contribution in [2.45, 2.75) is 17.6 Å². The van der Waals surface area contributed by atoms with Crippen LogP contribution in [0.5, 0.6) is 0 Å². The van der Waals surface area contributed by atoms with Gasteiger partial charge in [0, 0.05) is 48.1 Å². The van der Waals surface area contributed by atoms with Gasteiger partial charge in [-0.05, 0) is 36.2 Å². The van der Waals surface area contributed by atoms with Gasteiger partial charge >= 0.3 is 0 Å². The molecule has 4 rings (SSSR count). The van der Waals surface area contributed by atoms with Crippen LogP contribution in [0.1, 0.15) is 12.5 Å². The molecule has 3 aromatic rings. The van der Waals surface area contributed by atoms with Gasteiger partial charge in [0.05, 0.1) is 0 Å². The fraction of sp³-hybridized carbons (Fsp3) is 0.316. The summed E-state index contributed by atoms with van der Waals surface area (Å²) in [6.45, 7) is 5.59. The molecule has 2 aromatic heterocycles. The van der Waals surface area contributed by atoms with E-state index in [1.165, 1.54) is 11.3 Å². The van der Waals surface area contributed by atoms with Crippen LogP contribution in [0.15, 0.2) is 46.8 Å². The van der Waals surface area contributed by atoms with Crippen molar-refractivity contribution in [2.75, 3.05) is 35.8 Å². The zero-order valence-corrected chi connectivity index (χ0v) is 16.7. The van der Waals surface area contributed by atoms with Crippen molar-refractivity contribution in [1.29, 1.82) is 0 Å². The predicted octanol–water partition coefficient (Wildman–Crippen LogP) is 3.07. The van der Waals surface area contributed by atoms with Gasteiger partial charge < -0.3 is 10.2 Å². The molecule has 142 valence electrons. The maximum atomic E-state index is 12.9. The Morgan fingerprint density at radius 1 is 1.22 bits per heavy atom. The zero-order valence-electron chi connectivity index (χ0n) is 15.1. The van der Waals surface area contributed by atoms with Gasteiger partial charge in [-0.15, -0.1) is 11.3 Å². The van der Waals surface area contributed by atoms with Crippen LogP contribution < -0.4 is 14.9 Å². The molecule has 0 unspecified atom stereocenters. The van der Waals surface area contributed by atoms with E-state index in [1.54, 1.807) is 18.3 Å². The Bertz CT molecular complexity index is 1060. The highest BCUT2D eigenvalue weighted by Crippen LogP contribution is 2.35. The fourth-order valence-corrected chi connectivity index (χ4v) is 5.67. The maximum Gasteiger partial charge on any atom is 0.271 e. The van der Waals surface area contributed by atoms with Crippen LogP contribution in [0, 0.1) is 0 Å². The molecule has 0 aliphatic carbocycles. The average molecular weight is 403 g/mol. The van der Waals surface area contributed by atoms with E-state index in [9.17, 15) is 8.42 Å². The van der Waals surface area contributed by atoms with Gasteiger partial charge in [0.25, 0.3) is 10.0 Å². The molecule has 1 fully saturated rings. The Morgan fingerprint density at radius 2 is 2.04 bits per heavy atom. The predicted molar refractivity (Wildman–Crippen MR) is 111 cm³/mol. The summed E-state index contributed by atoms with van der Waals surface area (Å²) in [6, 6.07) is 11.1. The number of aromatic nitrogens is 1. The molecule has 1 saturated heterocycles. The van der Waals surface area contributed by atoms with Crippen molar-refractivity contribution in [3.63, 3.8) is 0 Å². The Balaban J connectivity index is 1.68. The van der Waals surface area contributed by atoms with E-state index in [2.05, 4.69) is 19.9 Å². The number of rotatable bonds is 5. The van der Waals surface area contributed by atoms with E-state index >= 15 is 0 Å². The molecule has 3 heterocycles. The summed E-state index contributed by atoms with van der Waals surface area (Å²) in [6.07, 6.45) is 2.61. The molecule has 27 heavy (non-hydrogen) atoms. The molecule has 0 atom stereocenters. The van der Waals surface area contributed by atoms with Crippen LogP contribution in [0.2, 0.25) is 0 Å². The number of hydrogen-bond acceptors (Lipinski definition) is 6. The SMILES string of the molecule is CCc1cccc(NS(=O)(=O)c2cc3c(N4CCNCC4)nccc3s2)c1. The molecule has 6 nitrogen and oxygen atoms in total. The van der Waals surface area contributed by atoms with Crippen LogP contribution >= 0.6 is 11.3 Å². The largest absolute Gasteiger partial charge is 0.354 e. The number of aryl methyl sites for hydroxylation is 1. The van der Waals surface area contributed by atoms with Crippen molar-refractivity contribution in [3.8, 4) is 0 Å². The normalized spacial score (nSPS) is 15.2. The molecule has 1 aliphatic rings. The lowest BCUT2D eigenvalue weighted by atomic mass is 10.1. The summed E-state index contributed by atoms with van der Waals surface area (Å²) in [5.74, 6) is 0.861. The van der Waals surface area contributed by atoms with Crippen LogP contribution in [-0.4, -0.2) is 39.6 Å². The summed E-state index contributed by atoms with van der Waals surface area (Å²) < 4.78 is 29.8. The molecular weight excluding hydrogens is 380 g/mol. The monoisotopic (exact) mass is 402 g/mol. The third-order valence-corrected chi connectivity index (χ3v) is 7.63.